The van der Waals surface area contributed by atoms with E-state index in [0.29, 0.717) is 19.5 Å². The number of hydrogen-bond acceptors (Lipinski definition) is 4. The van der Waals surface area contributed by atoms with Gasteiger partial charge in [0.1, 0.15) is 0 Å². The predicted molar refractivity (Wildman–Crippen MR) is 138 cm³/mol. The Kier molecular flexibility index (Phi) is 6.62. The summed E-state index contributed by atoms with van der Waals surface area (Å²) in [5.74, 6) is -0.0656. The number of carbonyl (C=O) groups is 2. The number of piperazine rings is 1. The number of nitrogens with zero attached hydrogens (tertiary/aromatic N) is 3. The van der Waals surface area contributed by atoms with Crippen LogP contribution in [0.2, 0.25) is 0 Å². The Morgan fingerprint density at radius 3 is 1.97 bits per heavy atom. The van der Waals surface area contributed by atoms with E-state index in [1.165, 1.54) is 0 Å². The van der Waals surface area contributed by atoms with E-state index in [0.717, 1.165) is 41.2 Å². The van der Waals surface area contributed by atoms with E-state index >= 15 is 0 Å². The number of hydrogen-bond donors (Lipinski definition) is 1. The van der Waals surface area contributed by atoms with Crippen LogP contribution in [0.3, 0.4) is 0 Å². The highest BCUT2D eigenvalue weighted by Gasteiger charge is 2.30. The molecule has 0 radical (unpaired) electrons. The Bertz CT molecular complexity index is 1160. The average molecular weight is 467 g/mol. The predicted octanol–water partition coefficient (Wildman–Crippen LogP) is 4.03. The van der Waals surface area contributed by atoms with Crippen molar-refractivity contribution in [3.63, 3.8) is 0 Å². The lowest BCUT2D eigenvalue weighted by molar-refractivity contribution is -0.132. The molecular formula is C29H30N4O2. The minimum atomic E-state index is -0.290. The van der Waals surface area contributed by atoms with Crippen molar-refractivity contribution < 1.29 is 9.59 Å². The van der Waals surface area contributed by atoms with Gasteiger partial charge < -0.3 is 9.80 Å². The largest absolute Gasteiger partial charge is 0.368 e. The van der Waals surface area contributed by atoms with Gasteiger partial charge in [0.15, 0.2) is 0 Å². The molecule has 3 aromatic carbocycles. The zero-order valence-corrected chi connectivity index (χ0v) is 19.9. The third-order valence-electron chi connectivity index (χ3n) is 6.89. The number of carbonyl (C=O) groups excluding carboxylic acids is 2. The van der Waals surface area contributed by atoms with Crippen molar-refractivity contribution >= 4 is 23.2 Å². The third kappa shape index (κ3) is 4.97. The fourth-order valence-corrected chi connectivity index (χ4v) is 4.98. The van der Waals surface area contributed by atoms with Gasteiger partial charge in [-0.1, -0.05) is 79.7 Å². The molecule has 35 heavy (non-hydrogen) atoms. The molecule has 1 saturated heterocycles. The normalized spacial score (nSPS) is 18.3. The van der Waals surface area contributed by atoms with E-state index in [2.05, 4.69) is 39.7 Å². The first-order valence-corrected chi connectivity index (χ1v) is 12.2. The van der Waals surface area contributed by atoms with Gasteiger partial charge in [0.2, 0.25) is 11.8 Å². The van der Waals surface area contributed by atoms with Gasteiger partial charge >= 0.3 is 0 Å². The molecule has 1 unspecified atom stereocenters. The summed E-state index contributed by atoms with van der Waals surface area (Å²) in [5, 5.41) is 4.26. The van der Waals surface area contributed by atoms with Crippen molar-refractivity contribution in [1.82, 2.24) is 10.3 Å². The van der Waals surface area contributed by atoms with Crippen LogP contribution < -0.4 is 10.3 Å². The van der Waals surface area contributed by atoms with Gasteiger partial charge in [-0.15, -0.1) is 0 Å². The summed E-state index contributed by atoms with van der Waals surface area (Å²) in [7, 11) is 0. The zero-order chi connectivity index (χ0) is 24.2. The van der Waals surface area contributed by atoms with Crippen molar-refractivity contribution in [1.29, 1.82) is 0 Å². The maximum Gasteiger partial charge on any atom is 0.240 e. The molecule has 2 amide bonds. The molecule has 2 aliphatic heterocycles. The van der Waals surface area contributed by atoms with Crippen LogP contribution in [-0.4, -0.2) is 48.6 Å². The maximum absolute atomic E-state index is 13.7. The van der Waals surface area contributed by atoms with E-state index in [-0.39, 0.29) is 23.7 Å². The van der Waals surface area contributed by atoms with Crippen LogP contribution in [0.25, 0.3) is 0 Å². The molecular weight excluding hydrogens is 436 g/mol. The minimum absolute atomic E-state index is 0.0351. The molecule has 6 nitrogen and oxygen atoms in total. The minimum Gasteiger partial charge on any atom is -0.368 e. The second-order valence-corrected chi connectivity index (χ2v) is 9.25. The second-order valence-electron chi connectivity index (χ2n) is 9.25. The average Bonchev–Trinajstić information content (AvgIpc) is 2.90. The molecule has 178 valence electrons. The fourth-order valence-electron chi connectivity index (χ4n) is 4.98. The standard InChI is InChI=1S/C29H30N4O2/c1-21-20-26(34)30-31-28(21)24-12-14-25(15-13-24)32-16-18-33(19-17-32)29(35)27(22-8-4-2-5-9-22)23-10-6-3-7-11-23/h2-15,21,27H,16-20H2,1H3,(H,30,34). The summed E-state index contributed by atoms with van der Waals surface area (Å²) >= 11 is 0. The van der Waals surface area contributed by atoms with E-state index in [4.69, 9.17) is 0 Å². The number of nitrogens with one attached hydrogen (secondary N) is 1. The molecule has 1 fully saturated rings. The first-order chi connectivity index (χ1) is 17.1. The van der Waals surface area contributed by atoms with Crippen LogP contribution >= 0.6 is 0 Å². The van der Waals surface area contributed by atoms with Crippen LogP contribution in [0.5, 0.6) is 0 Å². The smallest absolute Gasteiger partial charge is 0.240 e. The summed E-state index contributed by atoms with van der Waals surface area (Å²) in [6.07, 6.45) is 0.462. The quantitative estimate of drug-likeness (QED) is 0.618. The molecule has 3 aromatic rings. The summed E-state index contributed by atoms with van der Waals surface area (Å²) in [5.41, 5.74) is 7.72. The molecule has 2 heterocycles. The molecule has 2 aliphatic rings. The van der Waals surface area contributed by atoms with Crippen LogP contribution in [0.15, 0.2) is 90.0 Å². The second kappa shape index (κ2) is 10.1. The first kappa shape index (κ1) is 22.8. The molecule has 6 heteroatoms. The Morgan fingerprint density at radius 1 is 0.857 bits per heavy atom. The van der Waals surface area contributed by atoms with Crippen LogP contribution in [0.1, 0.15) is 36.0 Å². The van der Waals surface area contributed by atoms with Gasteiger partial charge in [0, 0.05) is 44.2 Å². The molecule has 0 aromatic heterocycles. The number of amides is 2. The molecule has 1 atom stereocenters. The Hall–Kier alpha value is -3.93. The summed E-state index contributed by atoms with van der Waals surface area (Å²) in [6, 6.07) is 28.4. The maximum atomic E-state index is 13.7. The summed E-state index contributed by atoms with van der Waals surface area (Å²) < 4.78 is 0. The fraction of sp³-hybridized carbons (Fsp3) is 0.276. The molecule has 0 bridgehead atoms. The van der Waals surface area contributed by atoms with Crippen molar-refractivity contribution in [2.45, 2.75) is 19.3 Å². The van der Waals surface area contributed by atoms with Crippen LogP contribution in [-0.2, 0) is 9.59 Å². The number of rotatable bonds is 5. The van der Waals surface area contributed by atoms with Crippen molar-refractivity contribution in [2.24, 2.45) is 11.0 Å². The van der Waals surface area contributed by atoms with Gasteiger partial charge in [-0.05, 0) is 28.8 Å². The Labute approximate surface area is 206 Å². The lowest BCUT2D eigenvalue weighted by Crippen LogP contribution is -2.50. The van der Waals surface area contributed by atoms with Crippen molar-refractivity contribution in [3.05, 3.63) is 102 Å². The van der Waals surface area contributed by atoms with Crippen molar-refractivity contribution in [2.75, 3.05) is 31.1 Å². The topological polar surface area (TPSA) is 65.0 Å². The SMILES string of the molecule is CC1CC(=O)NN=C1c1ccc(N2CCN(C(=O)C(c3ccccc3)c3ccccc3)CC2)cc1. The highest BCUT2D eigenvalue weighted by molar-refractivity contribution is 6.05. The van der Waals surface area contributed by atoms with E-state index in [1.807, 2.05) is 72.5 Å². The lowest BCUT2D eigenvalue weighted by Gasteiger charge is -2.38. The van der Waals surface area contributed by atoms with Gasteiger partial charge in [0.25, 0.3) is 0 Å². The molecule has 1 N–H and O–H groups in total. The highest BCUT2D eigenvalue weighted by atomic mass is 16.2. The van der Waals surface area contributed by atoms with E-state index < -0.39 is 0 Å². The molecule has 0 aliphatic carbocycles. The third-order valence-corrected chi connectivity index (χ3v) is 6.89. The highest BCUT2D eigenvalue weighted by Crippen LogP contribution is 2.28. The van der Waals surface area contributed by atoms with Crippen LogP contribution in [0, 0.1) is 5.92 Å². The first-order valence-electron chi connectivity index (χ1n) is 12.2. The molecule has 5 rings (SSSR count). The van der Waals surface area contributed by atoms with Gasteiger partial charge in [-0.25, -0.2) is 5.43 Å². The Morgan fingerprint density at radius 2 is 1.43 bits per heavy atom. The molecule has 0 spiro atoms. The van der Waals surface area contributed by atoms with Gasteiger partial charge in [-0.2, -0.15) is 5.10 Å². The monoisotopic (exact) mass is 466 g/mol. The summed E-state index contributed by atoms with van der Waals surface area (Å²) in [6.45, 7) is 4.97. The zero-order valence-electron chi connectivity index (χ0n) is 19.9. The van der Waals surface area contributed by atoms with Crippen molar-refractivity contribution in [3.8, 4) is 0 Å². The number of anilines is 1. The number of hydrazone groups is 1. The van der Waals surface area contributed by atoms with Crippen LogP contribution in [0.4, 0.5) is 5.69 Å². The van der Waals surface area contributed by atoms with E-state index in [9.17, 15) is 9.59 Å². The van der Waals surface area contributed by atoms with Gasteiger partial charge in [-0.3, -0.25) is 9.59 Å². The Balaban J connectivity index is 1.26. The molecule has 0 saturated carbocycles. The van der Waals surface area contributed by atoms with E-state index in [1.54, 1.807) is 0 Å². The summed E-state index contributed by atoms with van der Waals surface area (Å²) in [4.78, 5) is 29.5. The lowest BCUT2D eigenvalue weighted by atomic mass is 9.90. The number of benzene rings is 3. The van der Waals surface area contributed by atoms with Gasteiger partial charge in [0.05, 0.1) is 11.6 Å².